The van der Waals surface area contributed by atoms with E-state index in [1.54, 1.807) is 6.07 Å². The van der Waals surface area contributed by atoms with Gasteiger partial charge < -0.3 is 15.0 Å². The van der Waals surface area contributed by atoms with Crippen LogP contribution >= 0.6 is 15.9 Å². The van der Waals surface area contributed by atoms with Crippen LogP contribution in [-0.2, 0) is 0 Å². The third-order valence-electron chi connectivity index (χ3n) is 5.32. The standard InChI is InChI=1S/C23H24BrFN4O/c1-14(4-3-9-30-22-8-6-17(25)11-18(22)15(2)26)29-13-28-21-12-27-20-7-5-16(24)10-19(20)23(21)29/h5-8,10-15H,3-4,9,26H2,1-2H3. The van der Waals surface area contributed by atoms with Crippen molar-refractivity contribution in [1.29, 1.82) is 0 Å². The molecule has 0 saturated heterocycles. The van der Waals surface area contributed by atoms with Crippen molar-refractivity contribution in [3.8, 4) is 5.75 Å². The lowest BCUT2D eigenvalue weighted by Gasteiger charge is -2.17. The van der Waals surface area contributed by atoms with Crippen LogP contribution in [0.2, 0.25) is 0 Å². The molecule has 2 heterocycles. The van der Waals surface area contributed by atoms with Gasteiger partial charge in [0, 0.05) is 27.5 Å². The summed E-state index contributed by atoms with van der Waals surface area (Å²) >= 11 is 3.56. The summed E-state index contributed by atoms with van der Waals surface area (Å²) in [6.07, 6.45) is 5.47. The fourth-order valence-corrected chi connectivity index (χ4v) is 4.09. The van der Waals surface area contributed by atoms with Crippen molar-refractivity contribution in [2.45, 2.75) is 38.8 Å². The van der Waals surface area contributed by atoms with Crippen LogP contribution < -0.4 is 10.5 Å². The first kappa shape index (κ1) is 20.8. The Morgan fingerprint density at radius 3 is 2.77 bits per heavy atom. The Hall–Kier alpha value is -2.51. The molecule has 0 aliphatic carbocycles. The van der Waals surface area contributed by atoms with E-state index < -0.39 is 0 Å². The average Bonchev–Trinajstić information content (AvgIpc) is 3.16. The molecule has 30 heavy (non-hydrogen) atoms. The van der Waals surface area contributed by atoms with Gasteiger partial charge in [-0.1, -0.05) is 15.9 Å². The van der Waals surface area contributed by atoms with E-state index in [1.165, 1.54) is 12.1 Å². The van der Waals surface area contributed by atoms with Gasteiger partial charge in [0.1, 0.15) is 17.1 Å². The van der Waals surface area contributed by atoms with Crippen LogP contribution in [0.3, 0.4) is 0 Å². The van der Waals surface area contributed by atoms with Gasteiger partial charge in [0.15, 0.2) is 0 Å². The van der Waals surface area contributed by atoms with Gasteiger partial charge in [-0.05, 0) is 63.1 Å². The first-order valence-corrected chi connectivity index (χ1v) is 10.8. The van der Waals surface area contributed by atoms with Crippen molar-refractivity contribution in [2.75, 3.05) is 6.61 Å². The Labute approximate surface area is 183 Å². The molecule has 2 aromatic carbocycles. The maximum Gasteiger partial charge on any atom is 0.124 e. The number of ether oxygens (including phenoxy) is 1. The average molecular weight is 471 g/mol. The monoisotopic (exact) mass is 470 g/mol. The Kier molecular flexibility index (Phi) is 6.01. The third-order valence-corrected chi connectivity index (χ3v) is 5.82. The number of benzene rings is 2. The third kappa shape index (κ3) is 4.18. The number of fused-ring (bicyclic) bond motifs is 3. The molecule has 0 radical (unpaired) electrons. The van der Waals surface area contributed by atoms with E-state index in [1.807, 2.05) is 31.6 Å². The van der Waals surface area contributed by atoms with Gasteiger partial charge in [-0.2, -0.15) is 0 Å². The summed E-state index contributed by atoms with van der Waals surface area (Å²) in [7, 11) is 0. The highest BCUT2D eigenvalue weighted by Gasteiger charge is 2.14. The van der Waals surface area contributed by atoms with E-state index in [0.717, 1.165) is 39.3 Å². The van der Waals surface area contributed by atoms with E-state index in [9.17, 15) is 4.39 Å². The lowest BCUT2D eigenvalue weighted by Crippen LogP contribution is -2.10. The highest BCUT2D eigenvalue weighted by Crippen LogP contribution is 2.29. The number of aromatic nitrogens is 3. The maximum absolute atomic E-state index is 13.5. The minimum absolute atomic E-state index is 0.240. The minimum Gasteiger partial charge on any atom is -0.493 e. The van der Waals surface area contributed by atoms with E-state index >= 15 is 0 Å². The summed E-state index contributed by atoms with van der Waals surface area (Å²) in [5.74, 6) is 0.345. The molecule has 5 nitrogen and oxygen atoms in total. The second kappa shape index (κ2) is 8.70. The normalized spacial score (nSPS) is 13.6. The molecular weight excluding hydrogens is 447 g/mol. The van der Waals surface area contributed by atoms with Crippen LogP contribution in [0.4, 0.5) is 4.39 Å². The molecule has 2 unspecified atom stereocenters. The molecular formula is C23H24BrFN4O. The van der Waals surface area contributed by atoms with Crippen LogP contribution in [0.15, 0.2) is 53.4 Å². The molecule has 0 aliphatic heterocycles. The zero-order valence-corrected chi connectivity index (χ0v) is 18.6. The first-order chi connectivity index (χ1) is 14.4. The topological polar surface area (TPSA) is 66.0 Å². The lowest BCUT2D eigenvalue weighted by molar-refractivity contribution is 0.291. The van der Waals surface area contributed by atoms with Gasteiger partial charge in [-0.15, -0.1) is 0 Å². The van der Waals surface area contributed by atoms with Crippen LogP contribution in [0, 0.1) is 5.82 Å². The first-order valence-electron chi connectivity index (χ1n) is 10.0. The Morgan fingerprint density at radius 2 is 1.97 bits per heavy atom. The van der Waals surface area contributed by atoms with Crippen molar-refractivity contribution in [1.82, 2.24) is 14.5 Å². The zero-order chi connectivity index (χ0) is 21.3. The van der Waals surface area contributed by atoms with Crippen molar-refractivity contribution in [3.63, 3.8) is 0 Å². The molecule has 0 bridgehead atoms. The van der Waals surface area contributed by atoms with Crippen LogP contribution in [0.25, 0.3) is 21.9 Å². The summed E-state index contributed by atoms with van der Waals surface area (Å²) < 4.78 is 22.6. The zero-order valence-electron chi connectivity index (χ0n) is 17.0. The number of halogens is 2. The smallest absolute Gasteiger partial charge is 0.124 e. The fraction of sp³-hybridized carbons (Fsp3) is 0.304. The number of imidazole rings is 1. The van der Waals surface area contributed by atoms with Crippen molar-refractivity contribution in [2.24, 2.45) is 5.73 Å². The van der Waals surface area contributed by atoms with E-state index in [4.69, 9.17) is 10.5 Å². The molecule has 0 fully saturated rings. The van der Waals surface area contributed by atoms with Crippen molar-refractivity contribution >= 4 is 37.9 Å². The minimum atomic E-state index is -0.302. The van der Waals surface area contributed by atoms with E-state index in [2.05, 4.69) is 43.5 Å². The number of pyridine rings is 1. The largest absolute Gasteiger partial charge is 0.493 e. The lowest BCUT2D eigenvalue weighted by atomic mass is 10.1. The molecule has 156 valence electrons. The van der Waals surface area contributed by atoms with Crippen LogP contribution in [-0.4, -0.2) is 21.1 Å². The number of nitrogens with two attached hydrogens (primary N) is 1. The predicted molar refractivity (Wildman–Crippen MR) is 121 cm³/mol. The Balaban J connectivity index is 1.47. The van der Waals surface area contributed by atoms with Gasteiger partial charge in [0.05, 0.1) is 30.2 Å². The van der Waals surface area contributed by atoms with Gasteiger partial charge in [0.2, 0.25) is 0 Å². The molecule has 0 amide bonds. The van der Waals surface area contributed by atoms with Crippen molar-refractivity contribution < 1.29 is 9.13 Å². The Bertz CT molecular complexity index is 1190. The summed E-state index contributed by atoms with van der Waals surface area (Å²) in [6.45, 7) is 4.54. The summed E-state index contributed by atoms with van der Waals surface area (Å²) in [5, 5.41) is 1.08. The van der Waals surface area contributed by atoms with Gasteiger partial charge in [-0.3, -0.25) is 4.98 Å². The molecule has 0 saturated carbocycles. The maximum atomic E-state index is 13.5. The number of hydrogen-bond donors (Lipinski definition) is 1. The second-order valence-electron chi connectivity index (χ2n) is 7.62. The molecule has 0 spiro atoms. The van der Waals surface area contributed by atoms with Crippen LogP contribution in [0.1, 0.15) is 44.3 Å². The molecule has 2 aromatic heterocycles. The predicted octanol–water partition coefficient (Wildman–Crippen LogP) is 5.93. The SMILES string of the molecule is CC(N)c1cc(F)ccc1OCCCC(C)n1cnc2cnc3ccc(Br)cc3c21. The molecule has 4 aromatic rings. The summed E-state index contributed by atoms with van der Waals surface area (Å²) in [5.41, 5.74) is 9.55. The number of hydrogen-bond acceptors (Lipinski definition) is 4. The highest BCUT2D eigenvalue weighted by atomic mass is 79.9. The highest BCUT2D eigenvalue weighted by molar-refractivity contribution is 9.10. The quantitative estimate of drug-likeness (QED) is 0.340. The second-order valence-corrected chi connectivity index (χ2v) is 8.53. The van der Waals surface area contributed by atoms with E-state index in [0.29, 0.717) is 17.9 Å². The fourth-order valence-electron chi connectivity index (χ4n) is 3.73. The van der Waals surface area contributed by atoms with Gasteiger partial charge in [-0.25, -0.2) is 9.37 Å². The summed E-state index contributed by atoms with van der Waals surface area (Å²) in [6, 6.07) is 10.5. The van der Waals surface area contributed by atoms with Crippen molar-refractivity contribution in [3.05, 3.63) is 64.8 Å². The van der Waals surface area contributed by atoms with Gasteiger partial charge >= 0.3 is 0 Å². The van der Waals surface area contributed by atoms with E-state index in [-0.39, 0.29) is 17.9 Å². The van der Waals surface area contributed by atoms with Crippen LogP contribution in [0.5, 0.6) is 5.75 Å². The molecule has 2 atom stereocenters. The number of rotatable bonds is 7. The summed E-state index contributed by atoms with van der Waals surface area (Å²) in [4.78, 5) is 9.05. The number of nitrogens with zero attached hydrogens (tertiary/aromatic N) is 3. The molecule has 7 heteroatoms. The Morgan fingerprint density at radius 1 is 1.13 bits per heavy atom. The molecule has 2 N–H and O–H groups in total. The van der Waals surface area contributed by atoms with Gasteiger partial charge in [0.25, 0.3) is 0 Å². The molecule has 4 rings (SSSR count). The molecule has 0 aliphatic rings.